The summed E-state index contributed by atoms with van der Waals surface area (Å²) in [6, 6.07) is 3.70. The number of hydrogen-bond acceptors (Lipinski definition) is 4. The number of fused-ring (bicyclic) bond motifs is 1. The summed E-state index contributed by atoms with van der Waals surface area (Å²) in [5.74, 6) is 0.101. The summed E-state index contributed by atoms with van der Waals surface area (Å²) in [4.78, 5) is 36.1. The van der Waals surface area contributed by atoms with Crippen molar-refractivity contribution in [3.8, 4) is 0 Å². The second kappa shape index (κ2) is 4.61. The molecule has 1 heterocycles. The van der Waals surface area contributed by atoms with Gasteiger partial charge in [-0.15, -0.1) is 11.6 Å². The van der Waals surface area contributed by atoms with Crippen molar-refractivity contribution < 1.29 is 4.92 Å². The van der Waals surface area contributed by atoms with E-state index < -0.39 is 16.2 Å². The second-order valence-corrected chi connectivity index (χ2v) is 3.94. The van der Waals surface area contributed by atoms with Crippen molar-refractivity contribution in [3.63, 3.8) is 0 Å². The van der Waals surface area contributed by atoms with Crippen LogP contribution in [-0.2, 0) is 6.54 Å². The van der Waals surface area contributed by atoms with Gasteiger partial charge in [-0.3, -0.25) is 19.5 Å². The number of halogens is 1. The van der Waals surface area contributed by atoms with Crippen LogP contribution in [-0.4, -0.2) is 20.4 Å². The molecule has 0 aliphatic heterocycles. The third-order valence-corrected chi connectivity index (χ3v) is 2.65. The maximum atomic E-state index is 12.0. The van der Waals surface area contributed by atoms with Gasteiger partial charge in [-0.2, -0.15) is 0 Å². The number of nitrogens with zero attached hydrogens (tertiary/aromatic N) is 2. The molecule has 2 rings (SSSR count). The molecule has 1 aromatic heterocycles. The van der Waals surface area contributed by atoms with Gasteiger partial charge in [0, 0.05) is 24.6 Å². The number of H-pyrrole nitrogens is 1. The van der Waals surface area contributed by atoms with Gasteiger partial charge in [-0.25, -0.2) is 4.79 Å². The number of nitro groups is 1. The molecule has 0 aliphatic rings. The van der Waals surface area contributed by atoms with Crippen molar-refractivity contribution in [1.82, 2.24) is 9.55 Å². The van der Waals surface area contributed by atoms with Crippen molar-refractivity contribution in [2.24, 2.45) is 0 Å². The average Bonchev–Trinajstić information content (AvgIpc) is 2.34. The number of alkyl halides is 1. The van der Waals surface area contributed by atoms with Crippen LogP contribution in [0.2, 0.25) is 0 Å². The summed E-state index contributed by atoms with van der Waals surface area (Å²) >= 11 is 5.49. The highest BCUT2D eigenvalue weighted by Crippen LogP contribution is 2.15. The first-order valence-electron chi connectivity index (χ1n) is 5.02. The second-order valence-electron chi connectivity index (χ2n) is 3.56. The van der Waals surface area contributed by atoms with Gasteiger partial charge in [0.05, 0.1) is 15.8 Å². The summed E-state index contributed by atoms with van der Waals surface area (Å²) in [7, 11) is 0. The summed E-state index contributed by atoms with van der Waals surface area (Å²) in [6.45, 7) is 0.0500. The molecular weight excluding hydrogens is 262 g/mol. The fourth-order valence-corrected chi connectivity index (χ4v) is 1.81. The molecule has 0 fully saturated rings. The zero-order valence-electron chi connectivity index (χ0n) is 9.05. The molecule has 18 heavy (non-hydrogen) atoms. The van der Waals surface area contributed by atoms with Gasteiger partial charge in [0.25, 0.3) is 11.2 Å². The van der Waals surface area contributed by atoms with Crippen molar-refractivity contribution in [2.75, 3.05) is 5.88 Å². The zero-order valence-corrected chi connectivity index (χ0v) is 9.81. The van der Waals surface area contributed by atoms with Crippen LogP contribution in [0.1, 0.15) is 0 Å². The molecule has 0 aliphatic carbocycles. The molecule has 0 bridgehead atoms. The van der Waals surface area contributed by atoms with Crippen LogP contribution in [0.25, 0.3) is 10.9 Å². The molecule has 1 N–H and O–H groups in total. The quantitative estimate of drug-likeness (QED) is 0.507. The van der Waals surface area contributed by atoms with Gasteiger partial charge in [0.1, 0.15) is 0 Å². The number of aromatic amines is 1. The van der Waals surface area contributed by atoms with Crippen LogP contribution >= 0.6 is 11.6 Å². The first-order valence-corrected chi connectivity index (χ1v) is 5.55. The Kier molecular flexibility index (Phi) is 3.15. The number of nitrogens with one attached hydrogen (secondary N) is 1. The minimum absolute atomic E-state index is 0.0500. The molecular formula is C10H8ClN3O4. The fourth-order valence-electron chi connectivity index (χ4n) is 1.64. The molecule has 94 valence electrons. The van der Waals surface area contributed by atoms with E-state index in [1.165, 1.54) is 12.1 Å². The highest BCUT2D eigenvalue weighted by Gasteiger charge is 2.12. The van der Waals surface area contributed by atoms with Crippen LogP contribution in [0, 0.1) is 10.1 Å². The molecule has 0 spiro atoms. The van der Waals surface area contributed by atoms with E-state index in [1.807, 2.05) is 0 Å². The normalized spacial score (nSPS) is 10.7. The minimum Gasteiger partial charge on any atom is -0.307 e. The topological polar surface area (TPSA) is 98.0 Å². The Labute approximate surface area is 105 Å². The lowest BCUT2D eigenvalue weighted by Gasteiger charge is -2.03. The number of hydrogen-bond donors (Lipinski definition) is 1. The van der Waals surface area contributed by atoms with E-state index in [-0.39, 0.29) is 29.0 Å². The first kappa shape index (κ1) is 12.3. The fraction of sp³-hybridized carbons (Fsp3) is 0.200. The van der Waals surface area contributed by atoms with E-state index in [1.54, 1.807) is 0 Å². The summed E-state index contributed by atoms with van der Waals surface area (Å²) in [6.07, 6.45) is 0. The predicted molar refractivity (Wildman–Crippen MR) is 66.2 cm³/mol. The molecule has 1 aromatic carbocycles. The number of benzene rings is 1. The third-order valence-electron chi connectivity index (χ3n) is 2.48. The SMILES string of the molecule is O=c1[nH]c2ccc([N+](=O)[O-])cc2c(=O)n1CCCl. The molecule has 0 amide bonds. The standard InChI is InChI=1S/C10H8ClN3O4/c11-3-4-13-9(15)7-5-6(14(17)18)1-2-8(7)12-10(13)16/h1-2,5H,3-4H2,(H,12,16). The van der Waals surface area contributed by atoms with Crippen molar-refractivity contribution >= 4 is 28.2 Å². The molecule has 0 unspecified atom stereocenters. The van der Waals surface area contributed by atoms with Crippen LogP contribution < -0.4 is 11.2 Å². The Balaban J connectivity index is 2.81. The average molecular weight is 270 g/mol. The Bertz CT molecular complexity index is 734. The number of non-ortho nitro benzene ring substituents is 1. The molecule has 0 atom stereocenters. The Hall–Kier alpha value is -2.15. The van der Waals surface area contributed by atoms with Crippen LogP contribution in [0.15, 0.2) is 27.8 Å². The van der Waals surface area contributed by atoms with E-state index in [4.69, 9.17) is 11.6 Å². The van der Waals surface area contributed by atoms with Gasteiger partial charge in [0.15, 0.2) is 0 Å². The number of aromatic nitrogens is 2. The van der Waals surface area contributed by atoms with Gasteiger partial charge in [0.2, 0.25) is 0 Å². The maximum Gasteiger partial charge on any atom is 0.328 e. The molecule has 7 nitrogen and oxygen atoms in total. The van der Waals surface area contributed by atoms with Crippen molar-refractivity contribution in [3.05, 3.63) is 49.2 Å². The lowest BCUT2D eigenvalue weighted by molar-refractivity contribution is -0.384. The lowest BCUT2D eigenvalue weighted by atomic mass is 10.2. The van der Waals surface area contributed by atoms with Gasteiger partial charge >= 0.3 is 5.69 Å². The largest absolute Gasteiger partial charge is 0.328 e. The molecule has 2 aromatic rings. The van der Waals surface area contributed by atoms with Crippen LogP contribution in [0.3, 0.4) is 0 Å². The maximum absolute atomic E-state index is 12.0. The zero-order chi connectivity index (χ0) is 13.3. The van der Waals surface area contributed by atoms with E-state index >= 15 is 0 Å². The smallest absolute Gasteiger partial charge is 0.307 e. The summed E-state index contributed by atoms with van der Waals surface area (Å²) in [5.41, 5.74) is -1.11. The first-order chi connectivity index (χ1) is 8.54. The Morgan fingerprint density at radius 2 is 2.11 bits per heavy atom. The van der Waals surface area contributed by atoms with Crippen LogP contribution in [0.5, 0.6) is 0 Å². The van der Waals surface area contributed by atoms with Gasteiger partial charge < -0.3 is 4.98 Å². The minimum atomic E-state index is -0.601. The van der Waals surface area contributed by atoms with Gasteiger partial charge in [-0.05, 0) is 6.07 Å². The van der Waals surface area contributed by atoms with E-state index in [0.29, 0.717) is 0 Å². The van der Waals surface area contributed by atoms with Crippen molar-refractivity contribution in [1.29, 1.82) is 0 Å². The summed E-state index contributed by atoms with van der Waals surface area (Å²) < 4.78 is 0.916. The van der Waals surface area contributed by atoms with E-state index in [9.17, 15) is 19.7 Å². The van der Waals surface area contributed by atoms with Gasteiger partial charge in [-0.1, -0.05) is 0 Å². The highest BCUT2D eigenvalue weighted by atomic mass is 35.5. The Morgan fingerprint density at radius 3 is 2.72 bits per heavy atom. The van der Waals surface area contributed by atoms with E-state index in [2.05, 4.69) is 4.98 Å². The lowest BCUT2D eigenvalue weighted by Crippen LogP contribution is -2.35. The summed E-state index contributed by atoms with van der Waals surface area (Å²) in [5, 5.41) is 10.7. The molecule has 0 saturated heterocycles. The molecule has 8 heteroatoms. The molecule has 0 radical (unpaired) electrons. The monoisotopic (exact) mass is 269 g/mol. The predicted octanol–water partition coefficient (Wildman–Crippen LogP) is 0.837. The van der Waals surface area contributed by atoms with Crippen molar-refractivity contribution in [2.45, 2.75) is 6.54 Å². The molecule has 0 saturated carbocycles. The highest BCUT2D eigenvalue weighted by molar-refractivity contribution is 6.17. The third kappa shape index (κ3) is 2.00. The van der Waals surface area contributed by atoms with Crippen LogP contribution in [0.4, 0.5) is 5.69 Å². The number of nitro benzene ring substituents is 1. The Morgan fingerprint density at radius 1 is 1.39 bits per heavy atom. The van der Waals surface area contributed by atoms with E-state index in [0.717, 1.165) is 10.6 Å². The number of rotatable bonds is 3.